The van der Waals surface area contributed by atoms with Crippen molar-refractivity contribution in [1.82, 2.24) is 24.3 Å². The molecule has 3 rings (SSSR count). The summed E-state index contributed by atoms with van der Waals surface area (Å²) < 4.78 is 29.0. The van der Waals surface area contributed by atoms with Crippen molar-refractivity contribution in [3.63, 3.8) is 0 Å². The lowest BCUT2D eigenvalue weighted by Gasteiger charge is -2.07. The number of hydrogen-bond acceptors (Lipinski definition) is 7. The number of hydrogen-bond donors (Lipinski definition) is 1. The molecule has 0 bridgehead atoms. The van der Waals surface area contributed by atoms with Gasteiger partial charge in [0.15, 0.2) is 4.90 Å². The highest BCUT2D eigenvalue weighted by Crippen LogP contribution is 2.22. The summed E-state index contributed by atoms with van der Waals surface area (Å²) in [5.41, 5.74) is 1.33. The Bertz CT molecular complexity index is 1110. The lowest BCUT2D eigenvalue weighted by molar-refractivity contribution is -0.387. The van der Waals surface area contributed by atoms with Gasteiger partial charge in [-0.3, -0.25) is 14.5 Å². The van der Waals surface area contributed by atoms with Crippen LogP contribution in [0.25, 0.3) is 5.78 Å². The van der Waals surface area contributed by atoms with E-state index in [0.29, 0.717) is 24.4 Å². The molecule has 2 aromatic heterocycles. The van der Waals surface area contributed by atoms with E-state index in [4.69, 9.17) is 0 Å². The predicted octanol–water partition coefficient (Wildman–Crippen LogP) is 1.56. The SMILES string of the molecule is Cc1cc(C)n2c(CCCNS(=O)(=O)c3ccccc3[N+](=O)[O-])nnc2n1. The molecule has 0 radical (unpaired) electrons. The first-order valence-corrected chi connectivity index (χ1v) is 9.69. The molecule has 2 heterocycles. The molecule has 0 fully saturated rings. The van der Waals surface area contributed by atoms with Crippen molar-refractivity contribution in [3.05, 3.63) is 57.7 Å². The van der Waals surface area contributed by atoms with Crippen molar-refractivity contribution in [2.45, 2.75) is 31.6 Å². The monoisotopic (exact) mass is 390 g/mol. The van der Waals surface area contributed by atoms with Crippen LogP contribution in [-0.4, -0.2) is 39.5 Å². The molecule has 1 aromatic carbocycles. The summed E-state index contributed by atoms with van der Waals surface area (Å²) in [5, 5.41) is 19.2. The molecule has 0 aliphatic heterocycles. The van der Waals surface area contributed by atoms with Gasteiger partial charge in [-0.1, -0.05) is 12.1 Å². The van der Waals surface area contributed by atoms with E-state index in [1.807, 2.05) is 24.3 Å². The second-order valence-electron chi connectivity index (χ2n) is 6.02. The lowest BCUT2D eigenvalue weighted by Crippen LogP contribution is -2.26. The number of aromatic nitrogens is 4. The van der Waals surface area contributed by atoms with Gasteiger partial charge in [0.1, 0.15) is 5.82 Å². The number of nitro groups is 1. The molecule has 1 N–H and O–H groups in total. The van der Waals surface area contributed by atoms with Crippen molar-refractivity contribution in [3.8, 4) is 0 Å². The first-order valence-electron chi connectivity index (χ1n) is 8.21. The molecular weight excluding hydrogens is 372 g/mol. The molecule has 10 nitrogen and oxygen atoms in total. The fraction of sp³-hybridized carbons (Fsp3) is 0.312. The topological polar surface area (TPSA) is 132 Å². The molecule has 0 aliphatic carbocycles. The number of sulfonamides is 1. The Morgan fingerprint density at radius 3 is 2.70 bits per heavy atom. The number of nitrogens with zero attached hydrogens (tertiary/aromatic N) is 5. The van der Waals surface area contributed by atoms with E-state index in [9.17, 15) is 18.5 Å². The molecule has 0 spiro atoms. The van der Waals surface area contributed by atoms with E-state index in [1.165, 1.54) is 18.2 Å². The highest BCUT2D eigenvalue weighted by Gasteiger charge is 2.24. The first-order chi connectivity index (χ1) is 12.8. The van der Waals surface area contributed by atoms with Gasteiger partial charge in [0.05, 0.1) is 4.92 Å². The molecule has 0 saturated heterocycles. The summed E-state index contributed by atoms with van der Waals surface area (Å²) in [6, 6.07) is 7.16. The van der Waals surface area contributed by atoms with Crippen LogP contribution in [0.4, 0.5) is 5.69 Å². The van der Waals surface area contributed by atoms with Gasteiger partial charge in [-0.15, -0.1) is 10.2 Å². The average molecular weight is 390 g/mol. The van der Waals surface area contributed by atoms with Gasteiger partial charge in [-0.2, -0.15) is 0 Å². The van der Waals surface area contributed by atoms with E-state index in [2.05, 4.69) is 19.9 Å². The quantitative estimate of drug-likeness (QED) is 0.368. The maximum atomic E-state index is 12.4. The van der Waals surface area contributed by atoms with Crippen LogP contribution in [0.1, 0.15) is 23.6 Å². The molecular formula is C16H18N6O4S. The van der Waals surface area contributed by atoms with Gasteiger partial charge in [0, 0.05) is 30.4 Å². The average Bonchev–Trinajstić information content (AvgIpc) is 3.02. The fourth-order valence-electron chi connectivity index (χ4n) is 2.83. The van der Waals surface area contributed by atoms with Crippen LogP contribution >= 0.6 is 0 Å². The summed E-state index contributed by atoms with van der Waals surface area (Å²) in [6.45, 7) is 3.91. The smallest absolute Gasteiger partial charge is 0.268 e. The zero-order valence-corrected chi connectivity index (χ0v) is 15.6. The third-order valence-corrected chi connectivity index (χ3v) is 5.49. The number of nitro benzene ring substituents is 1. The summed E-state index contributed by atoms with van der Waals surface area (Å²) in [4.78, 5) is 14.3. The van der Waals surface area contributed by atoms with Crippen LogP contribution in [0, 0.1) is 24.0 Å². The predicted molar refractivity (Wildman–Crippen MR) is 96.9 cm³/mol. The number of para-hydroxylation sites is 1. The van der Waals surface area contributed by atoms with E-state index < -0.39 is 20.6 Å². The summed E-state index contributed by atoms with van der Waals surface area (Å²) in [6.07, 6.45) is 0.931. The van der Waals surface area contributed by atoms with Crippen molar-refractivity contribution in [2.75, 3.05) is 6.54 Å². The van der Waals surface area contributed by atoms with E-state index in [1.54, 1.807) is 0 Å². The van der Waals surface area contributed by atoms with Crippen LogP contribution in [0.5, 0.6) is 0 Å². The highest BCUT2D eigenvalue weighted by molar-refractivity contribution is 7.89. The van der Waals surface area contributed by atoms with Crippen molar-refractivity contribution < 1.29 is 13.3 Å². The fourth-order valence-corrected chi connectivity index (χ4v) is 4.07. The van der Waals surface area contributed by atoms with Gasteiger partial charge in [-0.05, 0) is 32.4 Å². The number of rotatable bonds is 7. The van der Waals surface area contributed by atoms with Gasteiger partial charge in [-0.25, -0.2) is 18.1 Å². The van der Waals surface area contributed by atoms with Crippen molar-refractivity contribution in [2.24, 2.45) is 0 Å². The number of aryl methyl sites for hydroxylation is 3. The van der Waals surface area contributed by atoms with Crippen LogP contribution in [0.3, 0.4) is 0 Å². The Balaban J connectivity index is 1.68. The molecule has 3 aromatic rings. The van der Waals surface area contributed by atoms with Crippen molar-refractivity contribution in [1.29, 1.82) is 0 Å². The Labute approximate surface area is 155 Å². The Morgan fingerprint density at radius 1 is 1.22 bits per heavy atom. The second-order valence-corrected chi connectivity index (χ2v) is 7.75. The molecule has 0 saturated carbocycles. The Morgan fingerprint density at radius 2 is 1.96 bits per heavy atom. The largest absolute Gasteiger partial charge is 0.289 e. The van der Waals surface area contributed by atoms with Gasteiger partial charge >= 0.3 is 0 Å². The molecule has 0 atom stereocenters. The minimum absolute atomic E-state index is 0.113. The van der Waals surface area contributed by atoms with E-state index in [0.717, 1.165) is 17.5 Å². The normalized spacial score (nSPS) is 11.8. The Kier molecular flexibility index (Phi) is 5.15. The van der Waals surface area contributed by atoms with E-state index >= 15 is 0 Å². The first kappa shape index (κ1) is 18.9. The van der Waals surface area contributed by atoms with Crippen molar-refractivity contribution >= 4 is 21.5 Å². The van der Waals surface area contributed by atoms with Crippen LogP contribution < -0.4 is 4.72 Å². The minimum atomic E-state index is -3.98. The van der Waals surface area contributed by atoms with Gasteiger partial charge < -0.3 is 0 Å². The lowest BCUT2D eigenvalue weighted by atomic mass is 10.3. The summed E-state index contributed by atoms with van der Waals surface area (Å²) >= 11 is 0. The summed E-state index contributed by atoms with van der Waals surface area (Å²) in [5.74, 6) is 1.18. The Hall–Kier alpha value is -2.92. The standard InChI is InChI=1S/C16H18N6O4S/c1-11-10-12(2)21-15(19-20-16(21)18-11)8-5-9-17-27(25,26)14-7-4-3-6-13(14)22(23)24/h3-4,6-7,10,17H,5,8-9H2,1-2H3. The number of fused-ring (bicyclic) bond motifs is 1. The third-order valence-electron chi connectivity index (χ3n) is 3.98. The maximum absolute atomic E-state index is 12.4. The van der Waals surface area contributed by atoms with Crippen LogP contribution in [0.15, 0.2) is 35.2 Å². The summed E-state index contributed by atoms with van der Waals surface area (Å²) in [7, 11) is -3.98. The molecule has 142 valence electrons. The minimum Gasteiger partial charge on any atom is -0.268 e. The molecule has 0 amide bonds. The third kappa shape index (κ3) is 3.93. The maximum Gasteiger partial charge on any atom is 0.289 e. The highest BCUT2D eigenvalue weighted by atomic mass is 32.2. The zero-order valence-electron chi connectivity index (χ0n) is 14.8. The van der Waals surface area contributed by atoms with Crippen LogP contribution in [-0.2, 0) is 16.4 Å². The van der Waals surface area contributed by atoms with E-state index in [-0.39, 0.29) is 11.4 Å². The molecule has 0 aliphatic rings. The van der Waals surface area contributed by atoms with Crippen LogP contribution in [0.2, 0.25) is 0 Å². The number of benzene rings is 1. The molecule has 0 unspecified atom stereocenters. The molecule has 27 heavy (non-hydrogen) atoms. The van der Waals surface area contributed by atoms with Gasteiger partial charge in [0.2, 0.25) is 10.0 Å². The zero-order chi connectivity index (χ0) is 19.6. The molecule has 11 heteroatoms. The number of nitrogens with one attached hydrogen (secondary N) is 1. The second kappa shape index (κ2) is 7.37. The van der Waals surface area contributed by atoms with Gasteiger partial charge in [0.25, 0.3) is 11.5 Å².